The molecule has 1 amide bonds. The van der Waals surface area contributed by atoms with Crippen molar-refractivity contribution >= 4 is 28.2 Å². The summed E-state index contributed by atoms with van der Waals surface area (Å²) in [4.78, 5) is 31.2. The average molecular weight is 382 g/mol. The quantitative estimate of drug-likeness (QED) is 0.679. The van der Waals surface area contributed by atoms with Crippen LogP contribution in [0.15, 0.2) is 70.0 Å². The van der Waals surface area contributed by atoms with Gasteiger partial charge in [0.15, 0.2) is 16.7 Å². The molecule has 0 spiro atoms. The first kappa shape index (κ1) is 17.0. The van der Waals surface area contributed by atoms with Crippen LogP contribution < -0.4 is 9.64 Å². The number of aliphatic hydroxyl groups is 1. The molecule has 1 atom stereocenters. The maximum atomic E-state index is 13.0. The third-order valence-electron chi connectivity index (χ3n) is 4.25. The van der Waals surface area contributed by atoms with Gasteiger partial charge in [-0.3, -0.25) is 14.5 Å². The second-order valence-corrected chi connectivity index (χ2v) is 6.61. The molecule has 136 valence electrons. The number of anilines is 1. The standard InChI is InChI=1S/C19H14N2O5S/c1-25-12-6-4-11(5-7-12)15-14(16(22)13-3-2-9-26-13)17(23)18(24)21(15)19-20-8-10-27-19/h2-10,15,23H,1H3/t15-/m0/s1. The Morgan fingerprint density at radius 3 is 2.67 bits per heavy atom. The van der Waals surface area contributed by atoms with Crippen molar-refractivity contribution in [3.8, 4) is 5.75 Å². The van der Waals surface area contributed by atoms with E-state index >= 15 is 0 Å². The second-order valence-electron chi connectivity index (χ2n) is 5.73. The van der Waals surface area contributed by atoms with Crippen LogP contribution in [0.2, 0.25) is 0 Å². The summed E-state index contributed by atoms with van der Waals surface area (Å²) in [6.45, 7) is 0. The number of methoxy groups -OCH3 is 1. The number of nitrogens with zero attached hydrogens (tertiary/aromatic N) is 2. The molecule has 3 heterocycles. The highest BCUT2D eigenvalue weighted by atomic mass is 32.1. The number of hydrogen-bond donors (Lipinski definition) is 1. The van der Waals surface area contributed by atoms with Gasteiger partial charge in [-0.2, -0.15) is 0 Å². The lowest BCUT2D eigenvalue weighted by molar-refractivity contribution is -0.117. The molecule has 0 unspecified atom stereocenters. The maximum Gasteiger partial charge on any atom is 0.296 e. The fourth-order valence-electron chi connectivity index (χ4n) is 3.01. The largest absolute Gasteiger partial charge is 0.503 e. The van der Waals surface area contributed by atoms with Crippen molar-refractivity contribution in [2.24, 2.45) is 0 Å². The molecule has 0 fully saturated rings. The summed E-state index contributed by atoms with van der Waals surface area (Å²) in [7, 11) is 1.55. The molecule has 27 heavy (non-hydrogen) atoms. The number of amides is 1. The molecule has 4 rings (SSSR count). The van der Waals surface area contributed by atoms with Crippen LogP contribution in [0, 0.1) is 0 Å². The van der Waals surface area contributed by atoms with Crippen LogP contribution in [-0.2, 0) is 4.79 Å². The summed E-state index contributed by atoms with van der Waals surface area (Å²) >= 11 is 1.24. The van der Waals surface area contributed by atoms with Gasteiger partial charge >= 0.3 is 0 Å². The van der Waals surface area contributed by atoms with Gasteiger partial charge in [-0.15, -0.1) is 11.3 Å². The van der Waals surface area contributed by atoms with Gasteiger partial charge in [0.25, 0.3) is 5.91 Å². The minimum absolute atomic E-state index is 0.0452. The van der Waals surface area contributed by atoms with E-state index in [4.69, 9.17) is 9.15 Å². The molecule has 2 aromatic heterocycles. The van der Waals surface area contributed by atoms with Crippen LogP contribution in [0.5, 0.6) is 5.75 Å². The lowest BCUT2D eigenvalue weighted by atomic mass is 9.95. The molecule has 7 nitrogen and oxygen atoms in total. The van der Waals surface area contributed by atoms with E-state index in [0.717, 1.165) is 0 Å². The first-order valence-corrected chi connectivity index (χ1v) is 8.88. The number of rotatable bonds is 5. The third kappa shape index (κ3) is 2.80. The van der Waals surface area contributed by atoms with Crippen LogP contribution in [0.4, 0.5) is 5.13 Å². The Balaban J connectivity index is 1.86. The minimum Gasteiger partial charge on any atom is -0.503 e. The Hall–Kier alpha value is -3.39. The molecular formula is C19H14N2O5S. The zero-order valence-corrected chi connectivity index (χ0v) is 15.0. The molecule has 0 bridgehead atoms. The number of carbonyl (C=O) groups excluding carboxylic acids is 2. The molecular weight excluding hydrogens is 368 g/mol. The molecule has 0 saturated heterocycles. The summed E-state index contributed by atoms with van der Waals surface area (Å²) in [5.74, 6) is -1.15. The van der Waals surface area contributed by atoms with Crippen molar-refractivity contribution < 1.29 is 23.8 Å². The van der Waals surface area contributed by atoms with Gasteiger partial charge in [-0.25, -0.2) is 4.98 Å². The van der Waals surface area contributed by atoms with Gasteiger partial charge in [0.1, 0.15) is 5.75 Å². The average Bonchev–Trinajstić information content (AvgIpc) is 3.44. The predicted molar refractivity (Wildman–Crippen MR) is 98.0 cm³/mol. The molecule has 0 aliphatic carbocycles. The third-order valence-corrected chi connectivity index (χ3v) is 5.03. The van der Waals surface area contributed by atoms with Crippen molar-refractivity contribution in [2.75, 3.05) is 12.0 Å². The molecule has 3 aromatic rings. The van der Waals surface area contributed by atoms with Gasteiger partial charge in [-0.05, 0) is 29.8 Å². The van der Waals surface area contributed by atoms with Gasteiger partial charge in [-0.1, -0.05) is 12.1 Å². The van der Waals surface area contributed by atoms with Crippen molar-refractivity contribution in [3.05, 3.63) is 76.9 Å². The first-order valence-electron chi connectivity index (χ1n) is 8.00. The number of aliphatic hydroxyl groups excluding tert-OH is 1. The number of ketones is 1. The summed E-state index contributed by atoms with van der Waals surface area (Å²) in [6.07, 6.45) is 2.92. The number of ether oxygens (including phenoxy) is 1. The van der Waals surface area contributed by atoms with E-state index < -0.39 is 23.5 Å². The van der Waals surface area contributed by atoms with E-state index in [9.17, 15) is 14.7 Å². The zero-order valence-electron chi connectivity index (χ0n) is 14.2. The predicted octanol–water partition coefficient (Wildman–Crippen LogP) is 3.53. The molecule has 8 heteroatoms. The Labute approximate surface area is 158 Å². The van der Waals surface area contributed by atoms with Crippen LogP contribution in [0.25, 0.3) is 0 Å². The molecule has 1 aromatic carbocycles. The van der Waals surface area contributed by atoms with Crippen molar-refractivity contribution in [2.45, 2.75) is 6.04 Å². The molecule has 1 aliphatic heterocycles. The smallest absolute Gasteiger partial charge is 0.296 e. The highest BCUT2D eigenvalue weighted by molar-refractivity contribution is 7.13. The van der Waals surface area contributed by atoms with Crippen LogP contribution in [-0.4, -0.2) is 28.9 Å². The summed E-state index contributed by atoms with van der Waals surface area (Å²) in [5, 5.41) is 12.6. The normalized spacial score (nSPS) is 16.9. The number of thiazole rings is 1. The number of furan rings is 1. The lowest BCUT2D eigenvalue weighted by Gasteiger charge is -2.24. The Kier molecular flexibility index (Phi) is 4.25. The fraction of sp³-hybridized carbons (Fsp3) is 0.105. The summed E-state index contributed by atoms with van der Waals surface area (Å²) < 4.78 is 10.4. The van der Waals surface area contributed by atoms with E-state index in [2.05, 4.69) is 4.98 Å². The summed E-state index contributed by atoms with van der Waals surface area (Å²) in [5.41, 5.74) is 0.591. The second kappa shape index (κ2) is 6.73. The summed E-state index contributed by atoms with van der Waals surface area (Å²) in [6, 6.07) is 9.17. The van der Waals surface area contributed by atoms with E-state index in [1.54, 1.807) is 49.0 Å². The molecule has 0 saturated carbocycles. The van der Waals surface area contributed by atoms with Crippen LogP contribution in [0.1, 0.15) is 22.2 Å². The topological polar surface area (TPSA) is 92.9 Å². The van der Waals surface area contributed by atoms with E-state index in [0.29, 0.717) is 16.4 Å². The lowest BCUT2D eigenvalue weighted by Crippen LogP contribution is -2.30. The van der Waals surface area contributed by atoms with Crippen molar-refractivity contribution in [1.29, 1.82) is 0 Å². The highest BCUT2D eigenvalue weighted by Crippen LogP contribution is 2.42. The first-order chi connectivity index (χ1) is 13.1. The number of Topliss-reactive ketones (excluding diaryl/α,β-unsaturated/α-hetero) is 1. The van der Waals surface area contributed by atoms with Crippen molar-refractivity contribution in [3.63, 3.8) is 0 Å². The Bertz CT molecular complexity index is 1010. The fourth-order valence-corrected chi connectivity index (χ4v) is 3.68. The van der Waals surface area contributed by atoms with Crippen molar-refractivity contribution in [1.82, 2.24) is 4.98 Å². The number of aromatic nitrogens is 1. The minimum atomic E-state index is -0.827. The maximum absolute atomic E-state index is 13.0. The van der Waals surface area contributed by atoms with Gasteiger partial charge < -0.3 is 14.3 Å². The van der Waals surface area contributed by atoms with E-state index in [1.807, 2.05) is 0 Å². The Morgan fingerprint density at radius 2 is 2.07 bits per heavy atom. The molecule has 1 N–H and O–H groups in total. The zero-order chi connectivity index (χ0) is 19.0. The number of hydrogen-bond acceptors (Lipinski definition) is 7. The van der Waals surface area contributed by atoms with Gasteiger partial charge in [0.2, 0.25) is 5.78 Å². The van der Waals surface area contributed by atoms with Gasteiger partial charge in [0, 0.05) is 11.6 Å². The van der Waals surface area contributed by atoms with Crippen LogP contribution in [0.3, 0.4) is 0 Å². The SMILES string of the molecule is COc1ccc([C@H]2C(C(=O)c3ccco3)=C(O)C(=O)N2c2nccs2)cc1. The molecule has 1 aliphatic rings. The molecule has 0 radical (unpaired) electrons. The number of carbonyl (C=O) groups is 2. The van der Waals surface area contributed by atoms with Gasteiger partial charge in [0.05, 0.1) is 25.0 Å². The van der Waals surface area contributed by atoms with Crippen LogP contribution >= 0.6 is 11.3 Å². The van der Waals surface area contributed by atoms with E-state index in [1.165, 1.54) is 28.6 Å². The van der Waals surface area contributed by atoms with E-state index in [-0.39, 0.29) is 11.3 Å². The monoisotopic (exact) mass is 382 g/mol. The highest BCUT2D eigenvalue weighted by Gasteiger charge is 2.46. The Morgan fingerprint density at radius 1 is 1.30 bits per heavy atom. The number of benzene rings is 1.